The van der Waals surface area contributed by atoms with Crippen LogP contribution >= 0.6 is 25.3 Å². The fourth-order valence-corrected chi connectivity index (χ4v) is 0. The molecule has 21 heavy (non-hydrogen) atoms. The van der Waals surface area contributed by atoms with Crippen LogP contribution in [-0.2, 0) is 44.4 Å². The van der Waals surface area contributed by atoms with Crippen molar-refractivity contribution in [2.24, 2.45) is 0 Å². The van der Waals surface area contributed by atoms with E-state index >= 15 is 0 Å². The van der Waals surface area contributed by atoms with Gasteiger partial charge in [-0.2, -0.15) is 25.3 Å². The second kappa shape index (κ2) is 28.8. The van der Waals surface area contributed by atoms with Gasteiger partial charge >= 0.3 is 53.7 Å². The summed E-state index contributed by atoms with van der Waals surface area (Å²) < 4.78 is 0. The SMILES string of the molecule is O=C(O)CS.O=C(O)CS.O=C([O-])C[S-].O=C([O-])C[S-].[Ce+4]. The maximum Gasteiger partial charge on any atom is 4.00 e. The number of aliphatic carboxylic acids is 4. The van der Waals surface area contributed by atoms with E-state index in [1.165, 1.54) is 0 Å². The van der Waals surface area contributed by atoms with Crippen LogP contribution in [0.3, 0.4) is 0 Å². The zero-order chi connectivity index (χ0) is 17.1. The van der Waals surface area contributed by atoms with Gasteiger partial charge in [-0.1, -0.05) is 0 Å². The van der Waals surface area contributed by atoms with Crippen LogP contribution in [0, 0.1) is 41.7 Å². The summed E-state index contributed by atoms with van der Waals surface area (Å²) in [7, 11) is 0. The minimum absolute atomic E-state index is 0. The summed E-state index contributed by atoms with van der Waals surface area (Å²) in [4.78, 5) is 36.9. The van der Waals surface area contributed by atoms with Gasteiger partial charge in [0.15, 0.2) is 0 Å². The summed E-state index contributed by atoms with van der Waals surface area (Å²) in [6, 6.07) is 0. The topological polar surface area (TPSA) is 155 Å². The first kappa shape index (κ1) is 33.3. The van der Waals surface area contributed by atoms with Crippen LogP contribution in [-0.4, -0.2) is 57.1 Å². The summed E-state index contributed by atoms with van der Waals surface area (Å²) >= 11 is 14.9. The molecule has 0 aromatic carbocycles. The number of rotatable bonds is 4. The average molecular weight is 505 g/mol. The Bertz CT molecular complexity index is 233. The number of carbonyl (C=O) groups is 4. The minimum Gasteiger partial charge on any atom is -0.787 e. The van der Waals surface area contributed by atoms with E-state index in [0.717, 1.165) is 0 Å². The van der Waals surface area contributed by atoms with E-state index in [0.29, 0.717) is 0 Å². The van der Waals surface area contributed by atoms with Crippen LogP contribution in [0.15, 0.2) is 0 Å². The molecule has 0 bridgehead atoms. The van der Waals surface area contributed by atoms with Crippen molar-refractivity contribution in [1.29, 1.82) is 0 Å². The Hall–Kier alpha value is 0.657. The molecule has 2 N–H and O–H groups in total. The molecular weight excluding hydrogens is 492 g/mol. The zero-order valence-corrected chi connectivity index (χ0v) is 16.9. The number of carboxylic acids is 4. The molecule has 0 atom stereocenters. The summed E-state index contributed by atoms with van der Waals surface area (Å²) in [5, 5.41) is 33.6. The Morgan fingerprint density at radius 2 is 0.905 bits per heavy atom. The molecule has 13 heteroatoms. The van der Waals surface area contributed by atoms with Crippen molar-refractivity contribution in [1.82, 2.24) is 0 Å². The molecule has 0 heterocycles. The van der Waals surface area contributed by atoms with E-state index < -0.39 is 23.9 Å². The summed E-state index contributed by atoms with van der Waals surface area (Å²) in [6.45, 7) is 0. The third-order valence-corrected chi connectivity index (χ3v) is 1.52. The Balaban J connectivity index is -0.0000000533. The van der Waals surface area contributed by atoms with Crippen LogP contribution < -0.4 is 10.2 Å². The third-order valence-electron chi connectivity index (χ3n) is 0.506. The Labute approximate surface area is 177 Å². The van der Waals surface area contributed by atoms with Gasteiger partial charge in [-0.3, -0.25) is 9.59 Å². The maximum absolute atomic E-state index is 9.29. The number of hydrogen-bond donors (Lipinski definition) is 4. The molecule has 120 valence electrons. The molecule has 0 radical (unpaired) electrons. The first-order chi connectivity index (χ1) is 9.08. The van der Waals surface area contributed by atoms with E-state index in [2.05, 4.69) is 50.5 Å². The zero-order valence-electron chi connectivity index (χ0n) is 10.4. The van der Waals surface area contributed by atoms with Crippen molar-refractivity contribution in [2.45, 2.75) is 0 Å². The van der Waals surface area contributed by atoms with Crippen molar-refractivity contribution in [3.8, 4) is 0 Å². The van der Waals surface area contributed by atoms with Crippen molar-refractivity contribution in [3.05, 3.63) is 0 Å². The first-order valence-corrected chi connectivity index (χ1v) is 6.72. The van der Waals surface area contributed by atoms with Crippen molar-refractivity contribution >= 4 is 74.4 Å². The second-order valence-corrected chi connectivity index (χ2v) is 3.35. The van der Waals surface area contributed by atoms with Crippen LogP contribution in [0.25, 0.3) is 0 Å². The van der Waals surface area contributed by atoms with E-state index in [-0.39, 0.29) is 64.8 Å². The summed E-state index contributed by atoms with van der Waals surface area (Å²) in [5.74, 6) is -4.90. The third kappa shape index (κ3) is 95.9. The first-order valence-electron chi connectivity index (χ1n) is 4.30. The van der Waals surface area contributed by atoms with Crippen molar-refractivity contribution in [3.63, 3.8) is 0 Å². The second-order valence-electron chi connectivity index (χ2n) is 2.14. The Kier molecular flexibility index (Phi) is 45.6. The molecule has 0 aromatic heterocycles. The van der Waals surface area contributed by atoms with Gasteiger partial charge in [0.2, 0.25) is 0 Å². The smallest absolute Gasteiger partial charge is 0.787 e. The van der Waals surface area contributed by atoms with Gasteiger partial charge in [-0.05, 0) is 0 Å². The van der Waals surface area contributed by atoms with Crippen molar-refractivity contribution in [2.75, 3.05) is 23.0 Å². The quantitative estimate of drug-likeness (QED) is 0.225. The predicted molar refractivity (Wildman–Crippen MR) is 77.5 cm³/mol. The summed E-state index contributed by atoms with van der Waals surface area (Å²) in [5.41, 5.74) is 0. The van der Waals surface area contributed by atoms with Gasteiger partial charge in [0.25, 0.3) is 0 Å². The molecule has 0 aliphatic carbocycles. The Morgan fingerprint density at radius 3 is 0.905 bits per heavy atom. The number of carboxylic acid groups (broad SMARTS) is 4. The maximum atomic E-state index is 9.29. The largest absolute Gasteiger partial charge is 4.00 e. The van der Waals surface area contributed by atoms with Gasteiger partial charge in [0.05, 0.1) is 11.5 Å². The van der Waals surface area contributed by atoms with Gasteiger partial charge in [-0.25, -0.2) is 0 Å². The molecule has 0 spiro atoms. The fourth-order valence-electron chi connectivity index (χ4n) is 0. The van der Waals surface area contributed by atoms with E-state index in [1.807, 2.05) is 0 Å². The molecule has 0 aliphatic heterocycles. The van der Waals surface area contributed by atoms with E-state index in [9.17, 15) is 9.59 Å². The fraction of sp³-hybridized carbons (Fsp3) is 0.500. The minimum atomic E-state index is -1.18. The molecule has 0 rings (SSSR count). The molecular formula is C8H12CeO8S4. The van der Waals surface area contributed by atoms with Crippen LogP contribution in [0.4, 0.5) is 0 Å². The van der Waals surface area contributed by atoms with Gasteiger partial charge < -0.3 is 55.3 Å². The predicted octanol–water partition coefficient (Wildman–Crippen LogP) is -3.43. The molecule has 0 amide bonds. The number of thiol groups is 2. The monoisotopic (exact) mass is 504 g/mol. The average Bonchev–Trinajstić information content (AvgIpc) is 2.40. The van der Waals surface area contributed by atoms with E-state index in [1.54, 1.807) is 0 Å². The molecule has 0 saturated carbocycles. The van der Waals surface area contributed by atoms with Gasteiger partial charge in [0, 0.05) is 11.9 Å². The van der Waals surface area contributed by atoms with Gasteiger partial charge in [-0.15, -0.1) is 11.5 Å². The molecule has 0 aliphatic rings. The molecule has 0 saturated heterocycles. The standard InChI is InChI=1S/4C2H4O2S.Ce/c4*3-2(4)1-5;/h4*5H,1H2,(H,3,4);/q;;;;+4/p-4. The molecule has 0 unspecified atom stereocenters. The Morgan fingerprint density at radius 1 is 0.810 bits per heavy atom. The van der Waals surface area contributed by atoms with Crippen LogP contribution in [0.1, 0.15) is 0 Å². The summed E-state index contributed by atoms with van der Waals surface area (Å²) in [6.07, 6.45) is 0. The molecule has 0 fully saturated rings. The van der Waals surface area contributed by atoms with E-state index in [4.69, 9.17) is 30.0 Å². The van der Waals surface area contributed by atoms with Crippen LogP contribution in [0.2, 0.25) is 0 Å². The van der Waals surface area contributed by atoms with Crippen molar-refractivity contribution < 1.29 is 81.4 Å². The molecule has 0 aromatic rings. The molecule has 8 nitrogen and oxygen atoms in total. The number of hydrogen-bond acceptors (Lipinski definition) is 10. The van der Waals surface area contributed by atoms with Gasteiger partial charge in [0.1, 0.15) is 0 Å². The van der Waals surface area contributed by atoms with Crippen LogP contribution in [0.5, 0.6) is 0 Å². The number of carbonyl (C=O) groups excluding carboxylic acids is 2. The normalized spacial score (nSPS) is 7.05.